The van der Waals surface area contributed by atoms with E-state index in [9.17, 15) is 9.90 Å². The number of pyridine rings is 1. The lowest BCUT2D eigenvalue weighted by Gasteiger charge is -2.20. The third kappa shape index (κ3) is 4.14. The molecule has 2 aliphatic rings. The first-order valence-corrected chi connectivity index (χ1v) is 10.8. The molecule has 9 heteroatoms. The zero-order valence-electron chi connectivity index (χ0n) is 18.1. The molecule has 1 amide bonds. The molecule has 9 nitrogen and oxygen atoms in total. The lowest BCUT2D eigenvalue weighted by atomic mass is 10.0. The number of hydrogen-bond acceptors (Lipinski definition) is 6. The number of fused-ring (bicyclic) bond motifs is 1. The van der Waals surface area contributed by atoms with Crippen LogP contribution in [0.3, 0.4) is 0 Å². The lowest BCUT2D eigenvalue weighted by molar-refractivity contribution is -0.119. The van der Waals surface area contributed by atoms with Crippen molar-refractivity contribution in [3.8, 4) is 17.1 Å². The van der Waals surface area contributed by atoms with Crippen molar-refractivity contribution in [1.82, 2.24) is 29.6 Å². The first-order chi connectivity index (χ1) is 14.8. The van der Waals surface area contributed by atoms with E-state index in [0.717, 1.165) is 35.1 Å². The van der Waals surface area contributed by atoms with Crippen molar-refractivity contribution in [1.29, 1.82) is 0 Å². The number of imidazole rings is 1. The van der Waals surface area contributed by atoms with Crippen LogP contribution in [0.2, 0.25) is 0 Å². The monoisotopic (exact) mass is 424 g/mol. The van der Waals surface area contributed by atoms with Gasteiger partial charge in [0.25, 0.3) is 0 Å². The van der Waals surface area contributed by atoms with Gasteiger partial charge in [0.1, 0.15) is 11.6 Å². The van der Waals surface area contributed by atoms with Crippen molar-refractivity contribution >= 4 is 16.9 Å². The number of nitrogens with zero attached hydrogens (tertiary/aromatic N) is 5. The molecule has 5 rings (SSSR count). The van der Waals surface area contributed by atoms with Crippen LogP contribution in [0.5, 0.6) is 5.88 Å². The molecular formula is C22H28N6O3. The van der Waals surface area contributed by atoms with E-state index in [2.05, 4.69) is 20.0 Å². The second-order valence-electron chi connectivity index (χ2n) is 9.39. The van der Waals surface area contributed by atoms with Crippen LogP contribution in [0.25, 0.3) is 22.3 Å². The van der Waals surface area contributed by atoms with E-state index < -0.39 is 5.60 Å². The minimum atomic E-state index is -0.861. The minimum absolute atomic E-state index is 0.0644. The summed E-state index contributed by atoms with van der Waals surface area (Å²) in [6.07, 6.45) is 8.05. The molecule has 1 unspecified atom stereocenters. The third-order valence-corrected chi connectivity index (χ3v) is 5.91. The summed E-state index contributed by atoms with van der Waals surface area (Å²) in [5, 5.41) is 17.3. The van der Waals surface area contributed by atoms with Crippen LogP contribution in [0.1, 0.15) is 46.1 Å². The maximum atomic E-state index is 11.7. The molecule has 31 heavy (non-hydrogen) atoms. The Morgan fingerprint density at radius 3 is 2.87 bits per heavy atom. The standard InChI is InChI=1S/C22H28N6O3/c1-13(14-6-19(29)23-8-14)31-21-20-18(24-12-28(20)16-4-5-16)7-17(26-21)15-9-25-27(10-15)11-22(2,3)30/h7,9-10,12-14,16,30H,4-6,8,11H2,1-3H3,(H,23,29)/t13-,14?/m1/s1. The molecule has 0 bridgehead atoms. The van der Waals surface area contributed by atoms with Crippen LogP contribution in [-0.4, -0.2) is 53.6 Å². The van der Waals surface area contributed by atoms with Crippen molar-refractivity contribution in [2.24, 2.45) is 5.92 Å². The Kier molecular flexibility index (Phi) is 4.73. The van der Waals surface area contributed by atoms with Gasteiger partial charge in [-0.15, -0.1) is 0 Å². The molecule has 3 aromatic rings. The Balaban J connectivity index is 1.51. The van der Waals surface area contributed by atoms with Gasteiger partial charge in [0.2, 0.25) is 11.8 Å². The number of amides is 1. The van der Waals surface area contributed by atoms with Gasteiger partial charge in [-0.1, -0.05) is 0 Å². The highest BCUT2D eigenvalue weighted by Crippen LogP contribution is 2.40. The van der Waals surface area contributed by atoms with Gasteiger partial charge in [0.15, 0.2) is 0 Å². The van der Waals surface area contributed by atoms with E-state index in [1.54, 1.807) is 24.7 Å². The molecular weight excluding hydrogens is 396 g/mol. The van der Waals surface area contributed by atoms with Gasteiger partial charge in [-0.2, -0.15) is 5.10 Å². The van der Waals surface area contributed by atoms with Crippen molar-refractivity contribution in [3.63, 3.8) is 0 Å². The highest BCUT2D eigenvalue weighted by Gasteiger charge is 2.31. The molecule has 0 aromatic carbocycles. The topological polar surface area (TPSA) is 107 Å². The van der Waals surface area contributed by atoms with Gasteiger partial charge >= 0.3 is 0 Å². The number of aliphatic hydroxyl groups is 1. The number of carbonyl (C=O) groups is 1. The summed E-state index contributed by atoms with van der Waals surface area (Å²) in [4.78, 5) is 21.1. The molecule has 1 saturated carbocycles. The first kappa shape index (κ1) is 20.0. The van der Waals surface area contributed by atoms with Gasteiger partial charge in [-0.3, -0.25) is 9.48 Å². The summed E-state index contributed by atoms with van der Waals surface area (Å²) >= 11 is 0. The summed E-state index contributed by atoms with van der Waals surface area (Å²) < 4.78 is 10.2. The van der Waals surface area contributed by atoms with E-state index in [1.807, 2.05) is 25.5 Å². The number of nitrogens with one attached hydrogen (secondary N) is 1. The summed E-state index contributed by atoms with van der Waals surface area (Å²) in [6, 6.07) is 2.40. The molecule has 2 atom stereocenters. The lowest BCUT2D eigenvalue weighted by Crippen LogP contribution is -2.26. The zero-order chi connectivity index (χ0) is 21.8. The fourth-order valence-corrected chi connectivity index (χ4v) is 4.10. The molecule has 0 radical (unpaired) electrons. The predicted molar refractivity (Wildman–Crippen MR) is 115 cm³/mol. The average molecular weight is 425 g/mol. The normalized spacial score (nSPS) is 20.3. The molecule has 1 aliphatic heterocycles. The maximum absolute atomic E-state index is 11.7. The largest absolute Gasteiger partial charge is 0.473 e. The van der Waals surface area contributed by atoms with Crippen molar-refractivity contribution < 1.29 is 14.6 Å². The van der Waals surface area contributed by atoms with Crippen molar-refractivity contribution in [2.45, 2.75) is 64.3 Å². The Morgan fingerprint density at radius 1 is 1.39 bits per heavy atom. The summed E-state index contributed by atoms with van der Waals surface area (Å²) in [5.74, 6) is 0.716. The fourth-order valence-electron chi connectivity index (χ4n) is 4.10. The molecule has 164 valence electrons. The van der Waals surface area contributed by atoms with Gasteiger partial charge < -0.3 is 19.7 Å². The number of carbonyl (C=O) groups excluding carboxylic acids is 1. The van der Waals surface area contributed by atoms with Crippen LogP contribution in [0, 0.1) is 5.92 Å². The number of hydrogen-bond donors (Lipinski definition) is 2. The minimum Gasteiger partial charge on any atom is -0.473 e. The number of ether oxygens (including phenoxy) is 1. The Hall–Kier alpha value is -2.94. The highest BCUT2D eigenvalue weighted by molar-refractivity contribution is 5.84. The van der Waals surface area contributed by atoms with E-state index in [-0.39, 0.29) is 17.9 Å². The molecule has 4 heterocycles. The van der Waals surface area contributed by atoms with Crippen LogP contribution in [-0.2, 0) is 11.3 Å². The number of aromatic nitrogens is 5. The van der Waals surface area contributed by atoms with Crippen LogP contribution in [0.4, 0.5) is 0 Å². The SMILES string of the molecule is C[C@@H](Oc1nc(-c2cnn(CC(C)(C)O)c2)cc2ncn(C3CC3)c12)C1CNC(=O)C1. The summed E-state index contributed by atoms with van der Waals surface area (Å²) in [7, 11) is 0. The van der Waals surface area contributed by atoms with Crippen molar-refractivity contribution in [3.05, 3.63) is 24.8 Å². The highest BCUT2D eigenvalue weighted by atomic mass is 16.5. The van der Waals surface area contributed by atoms with Gasteiger partial charge in [0.05, 0.1) is 35.9 Å². The molecule has 3 aromatic heterocycles. The Morgan fingerprint density at radius 2 is 2.19 bits per heavy atom. The molecule has 0 spiro atoms. The van der Waals surface area contributed by atoms with E-state index in [4.69, 9.17) is 9.72 Å². The third-order valence-electron chi connectivity index (χ3n) is 5.91. The van der Waals surface area contributed by atoms with E-state index in [0.29, 0.717) is 31.4 Å². The average Bonchev–Trinajstić information content (AvgIpc) is 3.09. The summed E-state index contributed by atoms with van der Waals surface area (Å²) in [6.45, 7) is 6.49. The van der Waals surface area contributed by atoms with Gasteiger partial charge in [-0.05, 0) is 39.7 Å². The molecule has 2 fully saturated rings. The second-order valence-corrected chi connectivity index (χ2v) is 9.39. The zero-order valence-corrected chi connectivity index (χ0v) is 18.1. The fraction of sp³-hybridized carbons (Fsp3) is 0.545. The molecule has 1 saturated heterocycles. The smallest absolute Gasteiger partial charge is 0.241 e. The molecule has 2 N–H and O–H groups in total. The second kappa shape index (κ2) is 7.33. The van der Waals surface area contributed by atoms with Crippen LogP contribution >= 0.6 is 0 Å². The Labute approximate surface area is 180 Å². The van der Waals surface area contributed by atoms with Gasteiger partial charge in [-0.25, -0.2) is 9.97 Å². The number of rotatable bonds is 7. The van der Waals surface area contributed by atoms with Gasteiger partial charge in [0, 0.05) is 36.7 Å². The first-order valence-electron chi connectivity index (χ1n) is 10.8. The van der Waals surface area contributed by atoms with Crippen LogP contribution in [0.15, 0.2) is 24.8 Å². The summed E-state index contributed by atoms with van der Waals surface area (Å²) in [5.41, 5.74) is 2.43. The quantitative estimate of drug-likeness (QED) is 0.603. The van der Waals surface area contributed by atoms with E-state index in [1.165, 1.54) is 0 Å². The van der Waals surface area contributed by atoms with E-state index >= 15 is 0 Å². The Bertz CT molecular complexity index is 1120. The van der Waals surface area contributed by atoms with Crippen molar-refractivity contribution in [2.75, 3.05) is 6.54 Å². The maximum Gasteiger partial charge on any atom is 0.241 e. The van der Waals surface area contributed by atoms with Crippen LogP contribution < -0.4 is 10.1 Å². The predicted octanol–water partition coefficient (Wildman–Crippen LogP) is 2.30. The molecule has 1 aliphatic carbocycles.